The lowest BCUT2D eigenvalue weighted by Crippen LogP contribution is -2.30. The van der Waals surface area contributed by atoms with Crippen LogP contribution in [0, 0.1) is 29.1 Å². The van der Waals surface area contributed by atoms with Gasteiger partial charge in [-0.05, 0) is 56.3 Å². The first-order chi connectivity index (χ1) is 9.20. The smallest absolute Gasteiger partial charge is 0.0936 e. The Kier molecular flexibility index (Phi) is 7.94. The zero-order valence-electron chi connectivity index (χ0n) is 13.1. The molecule has 2 saturated carbocycles. The fourth-order valence-electron chi connectivity index (χ4n) is 4.34. The Morgan fingerprint density at radius 3 is 1.90 bits per heavy atom. The van der Waals surface area contributed by atoms with Crippen molar-refractivity contribution in [3.05, 3.63) is 0 Å². The zero-order chi connectivity index (χ0) is 13.7. The van der Waals surface area contributed by atoms with Gasteiger partial charge in [-0.3, -0.25) is 5.41 Å². The van der Waals surface area contributed by atoms with E-state index in [1.54, 1.807) is 0 Å². The van der Waals surface area contributed by atoms with Gasteiger partial charge in [0.1, 0.15) is 0 Å². The molecule has 2 nitrogen and oxygen atoms in total. The summed E-state index contributed by atoms with van der Waals surface area (Å²) >= 11 is 0. The number of amidine groups is 1. The molecule has 0 aromatic carbocycles. The Balaban J connectivity index is 0.00000200. The summed E-state index contributed by atoms with van der Waals surface area (Å²) in [5, 5.41) is 7.57. The predicted octanol–water partition coefficient (Wildman–Crippen LogP) is 5.15. The molecule has 2 rings (SSSR count). The van der Waals surface area contributed by atoms with Crippen LogP contribution in [-0.2, 0) is 0 Å². The van der Waals surface area contributed by atoms with Crippen LogP contribution in [0.2, 0.25) is 0 Å². The molecular weight excluding hydrogens is 268 g/mol. The van der Waals surface area contributed by atoms with E-state index < -0.39 is 0 Å². The number of unbranched alkanes of at least 4 members (excludes halogenated alkanes) is 1. The van der Waals surface area contributed by atoms with Crippen LogP contribution in [0.5, 0.6) is 0 Å². The minimum absolute atomic E-state index is 0. The second-order valence-electron chi connectivity index (χ2n) is 6.99. The van der Waals surface area contributed by atoms with Gasteiger partial charge in [-0.2, -0.15) is 0 Å². The van der Waals surface area contributed by atoms with Gasteiger partial charge in [0.05, 0.1) is 5.84 Å². The second-order valence-corrected chi connectivity index (χ2v) is 6.99. The maximum absolute atomic E-state index is 7.57. The normalized spacial score (nSPS) is 34.2. The molecule has 0 aromatic heterocycles. The van der Waals surface area contributed by atoms with Crippen LogP contribution in [0.1, 0.15) is 77.6 Å². The molecule has 0 radical (unpaired) electrons. The van der Waals surface area contributed by atoms with E-state index in [9.17, 15) is 0 Å². The summed E-state index contributed by atoms with van der Waals surface area (Å²) < 4.78 is 0. The van der Waals surface area contributed by atoms with Crippen molar-refractivity contribution < 1.29 is 0 Å². The number of halogens is 1. The van der Waals surface area contributed by atoms with Crippen LogP contribution in [0.4, 0.5) is 0 Å². The molecule has 0 aromatic rings. The van der Waals surface area contributed by atoms with Crippen molar-refractivity contribution in [2.24, 2.45) is 29.4 Å². The molecule has 2 aliphatic carbocycles. The fourth-order valence-corrected chi connectivity index (χ4v) is 4.34. The average molecular weight is 301 g/mol. The maximum atomic E-state index is 7.57. The third kappa shape index (κ3) is 4.95. The quantitative estimate of drug-likeness (QED) is 0.535. The number of nitrogens with one attached hydrogen (secondary N) is 1. The molecule has 0 bridgehead atoms. The fraction of sp³-hybridized carbons (Fsp3) is 0.941. The SMILES string of the molecule is CCCCC1CCC(C2CCC(C(=N)N)CC2)CC1.Cl. The van der Waals surface area contributed by atoms with Crippen molar-refractivity contribution >= 4 is 18.2 Å². The molecule has 118 valence electrons. The van der Waals surface area contributed by atoms with Gasteiger partial charge in [0.15, 0.2) is 0 Å². The van der Waals surface area contributed by atoms with E-state index in [4.69, 9.17) is 11.1 Å². The molecule has 0 aliphatic heterocycles. The van der Waals surface area contributed by atoms with E-state index in [0.29, 0.717) is 11.8 Å². The first-order valence-electron chi connectivity index (χ1n) is 8.54. The monoisotopic (exact) mass is 300 g/mol. The molecule has 0 heterocycles. The van der Waals surface area contributed by atoms with Crippen LogP contribution >= 0.6 is 12.4 Å². The predicted molar refractivity (Wildman–Crippen MR) is 89.6 cm³/mol. The van der Waals surface area contributed by atoms with Gasteiger partial charge < -0.3 is 5.73 Å². The molecule has 3 N–H and O–H groups in total. The third-order valence-electron chi connectivity index (χ3n) is 5.74. The van der Waals surface area contributed by atoms with Crippen LogP contribution in [0.25, 0.3) is 0 Å². The topological polar surface area (TPSA) is 49.9 Å². The zero-order valence-corrected chi connectivity index (χ0v) is 13.9. The number of rotatable bonds is 5. The summed E-state index contributed by atoms with van der Waals surface area (Å²) in [6, 6.07) is 0. The molecule has 0 unspecified atom stereocenters. The molecule has 0 atom stereocenters. The van der Waals surface area contributed by atoms with Gasteiger partial charge in [0.2, 0.25) is 0 Å². The Morgan fingerprint density at radius 2 is 1.45 bits per heavy atom. The summed E-state index contributed by atoms with van der Waals surface area (Å²) in [6.45, 7) is 2.30. The lowest BCUT2D eigenvalue weighted by Gasteiger charge is -2.37. The minimum atomic E-state index is 0. The lowest BCUT2D eigenvalue weighted by atomic mass is 9.68. The minimum Gasteiger partial charge on any atom is -0.387 e. The first kappa shape index (κ1) is 17.8. The van der Waals surface area contributed by atoms with Crippen LogP contribution in [-0.4, -0.2) is 5.84 Å². The highest BCUT2D eigenvalue weighted by Crippen LogP contribution is 2.42. The summed E-state index contributed by atoms with van der Waals surface area (Å²) in [6.07, 6.45) is 15.2. The number of hydrogen-bond donors (Lipinski definition) is 2. The summed E-state index contributed by atoms with van der Waals surface area (Å²) in [5.41, 5.74) is 5.64. The maximum Gasteiger partial charge on any atom is 0.0936 e. The van der Waals surface area contributed by atoms with Gasteiger partial charge in [-0.1, -0.05) is 39.0 Å². The van der Waals surface area contributed by atoms with Crippen molar-refractivity contribution in [3.63, 3.8) is 0 Å². The Labute approximate surface area is 131 Å². The molecular formula is C17H33ClN2. The largest absolute Gasteiger partial charge is 0.387 e. The van der Waals surface area contributed by atoms with Gasteiger partial charge >= 0.3 is 0 Å². The highest BCUT2D eigenvalue weighted by Gasteiger charge is 2.31. The van der Waals surface area contributed by atoms with E-state index in [-0.39, 0.29) is 12.4 Å². The summed E-state index contributed by atoms with van der Waals surface area (Å²) in [5.74, 6) is 3.80. The van der Waals surface area contributed by atoms with Crippen LogP contribution in [0.3, 0.4) is 0 Å². The van der Waals surface area contributed by atoms with Crippen molar-refractivity contribution in [2.75, 3.05) is 0 Å². The molecule has 2 aliphatic rings. The Bertz CT molecular complexity index is 277. The Morgan fingerprint density at radius 1 is 0.950 bits per heavy atom. The molecule has 2 fully saturated rings. The average Bonchev–Trinajstić information content (AvgIpc) is 2.46. The molecule has 0 saturated heterocycles. The highest BCUT2D eigenvalue weighted by molar-refractivity contribution is 5.85. The van der Waals surface area contributed by atoms with Crippen molar-refractivity contribution in [1.82, 2.24) is 0 Å². The van der Waals surface area contributed by atoms with Crippen molar-refractivity contribution in [2.45, 2.75) is 77.6 Å². The van der Waals surface area contributed by atoms with E-state index >= 15 is 0 Å². The van der Waals surface area contributed by atoms with E-state index in [0.717, 1.165) is 17.8 Å². The summed E-state index contributed by atoms with van der Waals surface area (Å²) in [4.78, 5) is 0. The van der Waals surface area contributed by atoms with Crippen LogP contribution in [0.15, 0.2) is 0 Å². The van der Waals surface area contributed by atoms with Gasteiger partial charge in [0.25, 0.3) is 0 Å². The molecule has 0 spiro atoms. The Hall–Kier alpha value is -0.240. The van der Waals surface area contributed by atoms with Gasteiger partial charge in [-0.15, -0.1) is 12.4 Å². The van der Waals surface area contributed by atoms with E-state index in [1.165, 1.54) is 70.6 Å². The van der Waals surface area contributed by atoms with E-state index in [1.807, 2.05) is 0 Å². The van der Waals surface area contributed by atoms with E-state index in [2.05, 4.69) is 6.92 Å². The number of nitrogens with two attached hydrogens (primary N) is 1. The van der Waals surface area contributed by atoms with Crippen molar-refractivity contribution in [1.29, 1.82) is 5.41 Å². The van der Waals surface area contributed by atoms with Gasteiger partial charge in [-0.25, -0.2) is 0 Å². The molecule has 0 amide bonds. The number of hydrogen-bond acceptors (Lipinski definition) is 1. The standard InChI is InChI=1S/C17H32N2.ClH/c1-2-3-4-13-5-7-14(8-6-13)15-9-11-16(12-10-15)17(18)19;/h13-16H,2-12H2,1H3,(H3,18,19);1H. The molecule has 3 heteroatoms. The highest BCUT2D eigenvalue weighted by atomic mass is 35.5. The second kappa shape index (κ2) is 8.92. The van der Waals surface area contributed by atoms with Crippen molar-refractivity contribution in [3.8, 4) is 0 Å². The lowest BCUT2D eigenvalue weighted by molar-refractivity contribution is 0.154. The molecule has 20 heavy (non-hydrogen) atoms. The van der Waals surface area contributed by atoms with Gasteiger partial charge in [0, 0.05) is 5.92 Å². The third-order valence-corrected chi connectivity index (χ3v) is 5.74. The summed E-state index contributed by atoms with van der Waals surface area (Å²) in [7, 11) is 0. The first-order valence-corrected chi connectivity index (χ1v) is 8.54. The van der Waals surface area contributed by atoms with Crippen LogP contribution < -0.4 is 5.73 Å².